The molecule has 18 heavy (non-hydrogen) atoms. The number of amides is 1. The van der Waals surface area contributed by atoms with Crippen molar-refractivity contribution in [1.29, 1.82) is 0 Å². The molecule has 0 unspecified atom stereocenters. The Balaban J connectivity index is 2.07. The summed E-state index contributed by atoms with van der Waals surface area (Å²) in [5, 5.41) is 3.85. The predicted molar refractivity (Wildman–Crippen MR) is 71.2 cm³/mol. The number of ether oxygens (including phenoxy) is 1. The standard InChI is InChI=1S/C13H17ClN2O2/c1-18-12-3-2-11(14)8-10(12)9-13(17)16-6-4-15-5-7-16/h2-3,8,15H,4-7,9H2,1H3. The van der Waals surface area contributed by atoms with Crippen molar-refractivity contribution in [1.82, 2.24) is 10.2 Å². The second-order valence-corrected chi connectivity index (χ2v) is 4.70. The third-order valence-electron chi connectivity index (χ3n) is 3.05. The number of hydrogen-bond acceptors (Lipinski definition) is 3. The van der Waals surface area contributed by atoms with E-state index < -0.39 is 0 Å². The number of nitrogens with zero attached hydrogens (tertiary/aromatic N) is 1. The molecule has 1 aliphatic rings. The van der Waals surface area contributed by atoms with Gasteiger partial charge in [0.25, 0.3) is 0 Å². The van der Waals surface area contributed by atoms with Gasteiger partial charge < -0.3 is 15.0 Å². The van der Waals surface area contributed by atoms with Crippen LogP contribution in [0.3, 0.4) is 0 Å². The Morgan fingerprint density at radius 2 is 2.17 bits per heavy atom. The molecule has 1 saturated heterocycles. The summed E-state index contributed by atoms with van der Waals surface area (Å²) in [6, 6.07) is 5.35. The van der Waals surface area contributed by atoms with Crippen molar-refractivity contribution in [2.45, 2.75) is 6.42 Å². The van der Waals surface area contributed by atoms with Crippen molar-refractivity contribution >= 4 is 17.5 Å². The van der Waals surface area contributed by atoms with Gasteiger partial charge in [0.1, 0.15) is 5.75 Å². The highest BCUT2D eigenvalue weighted by molar-refractivity contribution is 6.30. The van der Waals surface area contributed by atoms with Crippen LogP contribution in [0.1, 0.15) is 5.56 Å². The maximum atomic E-state index is 12.1. The third kappa shape index (κ3) is 3.15. The molecule has 0 spiro atoms. The van der Waals surface area contributed by atoms with Crippen LogP contribution in [0.4, 0.5) is 0 Å². The molecule has 98 valence electrons. The molecule has 0 radical (unpaired) electrons. The summed E-state index contributed by atoms with van der Waals surface area (Å²) in [6.45, 7) is 3.25. The molecule has 0 bridgehead atoms. The normalized spacial score (nSPS) is 15.6. The van der Waals surface area contributed by atoms with Crippen LogP contribution in [0.5, 0.6) is 5.75 Å². The number of rotatable bonds is 3. The highest BCUT2D eigenvalue weighted by atomic mass is 35.5. The van der Waals surface area contributed by atoms with Crippen molar-refractivity contribution in [3.63, 3.8) is 0 Å². The lowest BCUT2D eigenvalue weighted by Crippen LogP contribution is -2.46. The topological polar surface area (TPSA) is 41.6 Å². The first-order chi connectivity index (χ1) is 8.70. The molecule has 2 rings (SSSR count). The van der Waals surface area contributed by atoms with E-state index in [0.717, 1.165) is 31.7 Å². The average molecular weight is 269 g/mol. The molecule has 1 aromatic rings. The van der Waals surface area contributed by atoms with Crippen LogP contribution in [0.15, 0.2) is 18.2 Å². The van der Waals surface area contributed by atoms with Gasteiger partial charge in [-0.1, -0.05) is 11.6 Å². The summed E-state index contributed by atoms with van der Waals surface area (Å²) >= 11 is 5.95. The van der Waals surface area contributed by atoms with Crippen molar-refractivity contribution < 1.29 is 9.53 Å². The number of hydrogen-bond donors (Lipinski definition) is 1. The van der Waals surface area contributed by atoms with Crippen LogP contribution in [-0.4, -0.2) is 44.1 Å². The van der Waals surface area contributed by atoms with Crippen LogP contribution in [0.2, 0.25) is 5.02 Å². The SMILES string of the molecule is COc1ccc(Cl)cc1CC(=O)N1CCNCC1. The van der Waals surface area contributed by atoms with E-state index in [4.69, 9.17) is 16.3 Å². The van der Waals surface area contributed by atoms with Crippen LogP contribution in [-0.2, 0) is 11.2 Å². The summed E-state index contributed by atoms with van der Waals surface area (Å²) in [7, 11) is 1.60. The lowest BCUT2D eigenvalue weighted by atomic mass is 10.1. The van der Waals surface area contributed by atoms with Crippen LogP contribution >= 0.6 is 11.6 Å². The maximum Gasteiger partial charge on any atom is 0.227 e. The Morgan fingerprint density at radius 1 is 1.44 bits per heavy atom. The van der Waals surface area contributed by atoms with E-state index in [2.05, 4.69) is 5.32 Å². The zero-order chi connectivity index (χ0) is 13.0. The van der Waals surface area contributed by atoms with Gasteiger partial charge in [-0.3, -0.25) is 4.79 Å². The minimum Gasteiger partial charge on any atom is -0.496 e. The Hall–Kier alpha value is -1.26. The van der Waals surface area contributed by atoms with E-state index in [1.54, 1.807) is 25.3 Å². The molecular formula is C13H17ClN2O2. The van der Waals surface area contributed by atoms with Crippen LogP contribution in [0.25, 0.3) is 0 Å². The molecule has 1 fully saturated rings. The lowest BCUT2D eigenvalue weighted by molar-refractivity contribution is -0.131. The Morgan fingerprint density at radius 3 is 2.83 bits per heavy atom. The Labute approximate surface area is 112 Å². The van der Waals surface area contributed by atoms with Gasteiger partial charge in [0.05, 0.1) is 13.5 Å². The van der Waals surface area contributed by atoms with Crippen LogP contribution < -0.4 is 10.1 Å². The minimum atomic E-state index is 0.122. The molecule has 0 aliphatic carbocycles. The monoisotopic (exact) mass is 268 g/mol. The van der Waals surface area contributed by atoms with Gasteiger partial charge in [0.15, 0.2) is 0 Å². The summed E-state index contributed by atoms with van der Waals surface area (Å²) < 4.78 is 5.25. The second kappa shape index (κ2) is 6.07. The molecule has 1 amide bonds. The molecule has 0 atom stereocenters. The van der Waals surface area contributed by atoms with Crippen LogP contribution in [0, 0.1) is 0 Å². The van der Waals surface area contributed by atoms with Gasteiger partial charge in [-0.05, 0) is 18.2 Å². The second-order valence-electron chi connectivity index (χ2n) is 4.26. The quantitative estimate of drug-likeness (QED) is 0.899. The molecule has 1 N–H and O–H groups in total. The highest BCUT2D eigenvalue weighted by Crippen LogP contribution is 2.23. The molecule has 0 saturated carbocycles. The molecule has 4 nitrogen and oxygen atoms in total. The Kier molecular flexibility index (Phi) is 4.44. The summed E-state index contributed by atoms with van der Waals surface area (Å²) in [5.74, 6) is 0.833. The molecule has 0 aromatic heterocycles. The highest BCUT2D eigenvalue weighted by Gasteiger charge is 2.18. The first-order valence-corrected chi connectivity index (χ1v) is 6.39. The molecular weight excluding hydrogens is 252 g/mol. The number of carbonyl (C=O) groups excluding carboxylic acids is 1. The zero-order valence-electron chi connectivity index (χ0n) is 10.4. The van der Waals surface area contributed by atoms with Gasteiger partial charge in [0.2, 0.25) is 5.91 Å². The smallest absolute Gasteiger partial charge is 0.227 e. The van der Waals surface area contributed by atoms with Gasteiger partial charge in [-0.25, -0.2) is 0 Å². The van der Waals surface area contributed by atoms with Crippen molar-refractivity contribution in [2.24, 2.45) is 0 Å². The summed E-state index contributed by atoms with van der Waals surface area (Å²) in [4.78, 5) is 14.0. The average Bonchev–Trinajstić information content (AvgIpc) is 2.40. The molecule has 1 aromatic carbocycles. The van der Waals surface area contributed by atoms with Crippen molar-refractivity contribution in [3.05, 3.63) is 28.8 Å². The number of nitrogens with one attached hydrogen (secondary N) is 1. The van der Waals surface area contributed by atoms with Crippen molar-refractivity contribution in [3.8, 4) is 5.75 Å². The summed E-state index contributed by atoms with van der Waals surface area (Å²) in [5.41, 5.74) is 0.841. The van der Waals surface area contributed by atoms with Gasteiger partial charge >= 0.3 is 0 Å². The first-order valence-electron chi connectivity index (χ1n) is 6.01. The third-order valence-corrected chi connectivity index (χ3v) is 3.29. The number of halogens is 1. The van der Waals surface area contributed by atoms with Crippen molar-refractivity contribution in [2.75, 3.05) is 33.3 Å². The Bertz CT molecular complexity index is 431. The first kappa shape index (κ1) is 13.2. The molecule has 1 aliphatic heterocycles. The van der Waals surface area contributed by atoms with Gasteiger partial charge in [0, 0.05) is 36.8 Å². The minimum absolute atomic E-state index is 0.122. The fraction of sp³-hybridized carbons (Fsp3) is 0.462. The molecule has 1 heterocycles. The number of methoxy groups -OCH3 is 1. The number of piperazine rings is 1. The lowest BCUT2D eigenvalue weighted by Gasteiger charge is -2.27. The number of carbonyl (C=O) groups is 1. The van der Waals surface area contributed by atoms with E-state index in [1.165, 1.54) is 0 Å². The molecule has 5 heteroatoms. The van der Waals surface area contributed by atoms with E-state index >= 15 is 0 Å². The maximum absolute atomic E-state index is 12.1. The fourth-order valence-corrected chi connectivity index (χ4v) is 2.27. The zero-order valence-corrected chi connectivity index (χ0v) is 11.2. The van der Waals surface area contributed by atoms with E-state index in [9.17, 15) is 4.79 Å². The largest absolute Gasteiger partial charge is 0.496 e. The van der Waals surface area contributed by atoms with E-state index in [-0.39, 0.29) is 5.91 Å². The van der Waals surface area contributed by atoms with E-state index in [1.807, 2.05) is 4.90 Å². The predicted octanol–water partition coefficient (Wildman–Crippen LogP) is 1.32. The van der Waals surface area contributed by atoms with Gasteiger partial charge in [-0.2, -0.15) is 0 Å². The van der Waals surface area contributed by atoms with Gasteiger partial charge in [-0.15, -0.1) is 0 Å². The number of benzene rings is 1. The van der Waals surface area contributed by atoms with E-state index in [0.29, 0.717) is 17.2 Å². The summed E-state index contributed by atoms with van der Waals surface area (Å²) in [6.07, 6.45) is 0.337. The fourth-order valence-electron chi connectivity index (χ4n) is 2.07.